The van der Waals surface area contributed by atoms with Crippen LogP contribution in [0.2, 0.25) is 0 Å². The molecule has 0 aliphatic rings. The summed E-state index contributed by atoms with van der Waals surface area (Å²) in [5.41, 5.74) is 0. The van der Waals surface area contributed by atoms with Gasteiger partial charge in [0.1, 0.15) is 12.4 Å². The summed E-state index contributed by atoms with van der Waals surface area (Å²) in [5, 5.41) is 0. The second-order valence-corrected chi connectivity index (χ2v) is 3.38. The fourth-order valence-corrected chi connectivity index (χ4v) is 1.36. The van der Waals surface area contributed by atoms with Crippen LogP contribution >= 0.6 is 0 Å². The zero-order chi connectivity index (χ0) is 8.81. The van der Waals surface area contributed by atoms with E-state index in [0.717, 1.165) is 0 Å². The van der Waals surface area contributed by atoms with Crippen LogP contribution in [0.3, 0.4) is 0 Å². The minimum atomic E-state index is 0. The van der Waals surface area contributed by atoms with Gasteiger partial charge in [0.05, 0.1) is 13.6 Å². The van der Waals surface area contributed by atoms with Crippen LogP contribution < -0.4 is 21.5 Å². The van der Waals surface area contributed by atoms with Gasteiger partial charge in [0.15, 0.2) is 0 Å². The molecule has 0 aliphatic heterocycles. The quantitative estimate of drug-likeness (QED) is 0.439. The molecule has 0 aromatic carbocycles. The Hall–Kier alpha value is -0.350. The van der Waals surface area contributed by atoms with Gasteiger partial charge in [-0.2, -0.15) is 0 Å². The lowest BCUT2D eigenvalue weighted by Crippen LogP contribution is -3.00. The van der Waals surface area contributed by atoms with Gasteiger partial charge in [-0.1, -0.05) is 19.8 Å². The summed E-state index contributed by atoms with van der Waals surface area (Å²) in [7, 11) is 2.06. The van der Waals surface area contributed by atoms with Gasteiger partial charge in [0, 0.05) is 0 Å². The van der Waals surface area contributed by atoms with Crippen LogP contribution in [-0.4, -0.2) is 10.0 Å². The number of rotatable bonds is 5. The average Bonchev–Trinajstić information content (AvgIpc) is 2.45. The van der Waals surface area contributed by atoms with Crippen LogP contribution in [0.4, 0.5) is 0 Å². The Balaban J connectivity index is 0. The summed E-state index contributed by atoms with van der Waals surface area (Å²) in [6, 6.07) is 0. The fraction of sp³-hybridized carbons (Fsp3) is 0.700. The second kappa shape index (κ2) is 9.21. The molecule has 2 N–H and O–H groups in total. The molecule has 4 heteroatoms. The minimum Gasteiger partial charge on any atom is -1.00 e. The maximum Gasteiger partial charge on any atom is 0.243 e. The van der Waals surface area contributed by atoms with E-state index in [9.17, 15) is 0 Å². The van der Waals surface area contributed by atoms with Crippen LogP contribution in [0, 0.1) is 0 Å². The van der Waals surface area contributed by atoms with Crippen molar-refractivity contribution in [3.63, 3.8) is 0 Å². The lowest BCUT2D eigenvalue weighted by atomic mass is 10.2. The molecule has 14 heavy (non-hydrogen) atoms. The van der Waals surface area contributed by atoms with Crippen molar-refractivity contribution in [2.45, 2.75) is 39.2 Å². The third kappa shape index (κ3) is 6.16. The van der Waals surface area contributed by atoms with Crippen molar-refractivity contribution in [2.24, 2.45) is 7.05 Å². The zero-order valence-electron chi connectivity index (χ0n) is 9.04. The Morgan fingerprint density at radius 1 is 1.21 bits per heavy atom. The molecule has 0 amide bonds. The van der Waals surface area contributed by atoms with Gasteiger partial charge in [0.2, 0.25) is 6.33 Å². The number of hydrogen-bond acceptors (Lipinski definition) is 0. The number of halogens is 1. The lowest BCUT2D eigenvalue weighted by molar-refractivity contribution is -0.671. The molecule has 0 unspecified atom stereocenters. The molecule has 1 rings (SSSR count). The Labute approximate surface area is 96.8 Å². The second-order valence-electron chi connectivity index (χ2n) is 3.38. The summed E-state index contributed by atoms with van der Waals surface area (Å²) >= 11 is 0. The molecule has 0 aliphatic carbocycles. The Bertz CT molecular complexity index is 226. The van der Waals surface area contributed by atoms with E-state index in [2.05, 4.69) is 41.8 Å². The van der Waals surface area contributed by atoms with Crippen molar-refractivity contribution in [3.8, 4) is 0 Å². The Kier molecular flexibility index (Phi) is 10.6. The molecular formula is C10H21BrN2O. The highest BCUT2D eigenvalue weighted by atomic mass is 79.9. The third-order valence-electron chi connectivity index (χ3n) is 2.09. The van der Waals surface area contributed by atoms with E-state index in [0.29, 0.717) is 0 Å². The standard InChI is InChI=1S/C10H19N2.BrH.H2O/c1-3-4-5-6-7-12-9-8-11(2)10-12;;/h8-10H,3-7H2,1-2H3;1H;1H2/q+1;;/p-1. The number of imidazole rings is 1. The van der Waals surface area contributed by atoms with Gasteiger partial charge < -0.3 is 22.5 Å². The van der Waals surface area contributed by atoms with E-state index in [1.165, 1.54) is 32.2 Å². The average molecular weight is 265 g/mol. The first-order valence-electron chi connectivity index (χ1n) is 4.84. The number of aryl methyl sites for hydroxylation is 2. The normalized spacial score (nSPS) is 9.00. The summed E-state index contributed by atoms with van der Waals surface area (Å²) in [4.78, 5) is 0. The molecule has 0 saturated heterocycles. The van der Waals surface area contributed by atoms with Gasteiger partial charge in [-0.3, -0.25) is 0 Å². The predicted octanol–water partition coefficient (Wildman–Crippen LogP) is -1.93. The van der Waals surface area contributed by atoms with Crippen LogP contribution in [-0.2, 0) is 13.6 Å². The molecule has 0 spiro atoms. The molecule has 0 fully saturated rings. The lowest BCUT2D eigenvalue weighted by Gasteiger charge is -1.95. The van der Waals surface area contributed by atoms with E-state index in [1.54, 1.807) is 0 Å². The van der Waals surface area contributed by atoms with Gasteiger partial charge >= 0.3 is 0 Å². The Morgan fingerprint density at radius 3 is 2.43 bits per heavy atom. The number of unbranched alkanes of at least 4 members (excludes halogenated alkanes) is 3. The van der Waals surface area contributed by atoms with Gasteiger partial charge in [-0.05, 0) is 12.8 Å². The smallest absolute Gasteiger partial charge is 0.243 e. The highest BCUT2D eigenvalue weighted by Crippen LogP contribution is 2.00. The largest absolute Gasteiger partial charge is 1.00 e. The van der Waals surface area contributed by atoms with Crippen molar-refractivity contribution in [1.82, 2.24) is 4.57 Å². The van der Waals surface area contributed by atoms with Crippen molar-refractivity contribution in [1.29, 1.82) is 0 Å². The van der Waals surface area contributed by atoms with Gasteiger partial charge in [-0.15, -0.1) is 0 Å². The highest BCUT2D eigenvalue weighted by molar-refractivity contribution is 4.65. The van der Waals surface area contributed by atoms with Crippen LogP contribution in [0.15, 0.2) is 18.7 Å². The summed E-state index contributed by atoms with van der Waals surface area (Å²) in [5.74, 6) is 0. The summed E-state index contributed by atoms with van der Waals surface area (Å²) in [6.45, 7) is 3.41. The SMILES string of the molecule is CCCCCCn1cc[n+](C)c1.O.[Br-]. The van der Waals surface area contributed by atoms with E-state index in [1.807, 2.05) is 0 Å². The maximum atomic E-state index is 2.25. The fourth-order valence-electron chi connectivity index (χ4n) is 1.36. The summed E-state index contributed by atoms with van der Waals surface area (Å²) in [6.07, 6.45) is 11.7. The molecule has 3 nitrogen and oxygen atoms in total. The van der Waals surface area contributed by atoms with Crippen LogP contribution in [0.25, 0.3) is 0 Å². The molecule has 0 radical (unpaired) electrons. The maximum absolute atomic E-state index is 2.25. The first kappa shape index (κ1) is 16.1. The monoisotopic (exact) mass is 264 g/mol. The Morgan fingerprint density at radius 2 is 1.93 bits per heavy atom. The minimum absolute atomic E-state index is 0. The van der Waals surface area contributed by atoms with Crippen molar-refractivity contribution in [3.05, 3.63) is 18.7 Å². The molecule has 1 heterocycles. The van der Waals surface area contributed by atoms with Crippen molar-refractivity contribution in [2.75, 3.05) is 0 Å². The molecular weight excluding hydrogens is 244 g/mol. The van der Waals surface area contributed by atoms with Crippen LogP contribution in [0.5, 0.6) is 0 Å². The van der Waals surface area contributed by atoms with E-state index < -0.39 is 0 Å². The van der Waals surface area contributed by atoms with Crippen LogP contribution in [0.1, 0.15) is 32.6 Å². The molecule has 0 atom stereocenters. The molecule has 84 valence electrons. The van der Waals surface area contributed by atoms with Crippen molar-refractivity contribution < 1.29 is 27.0 Å². The first-order chi connectivity index (χ1) is 5.83. The molecule has 0 bridgehead atoms. The van der Waals surface area contributed by atoms with Gasteiger partial charge in [-0.25, -0.2) is 9.13 Å². The van der Waals surface area contributed by atoms with E-state index in [4.69, 9.17) is 0 Å². The topological polar surface area (TPSA) is 40.3 Å². The predicted molar refractivity (Wildman–Crippen MR) is 53.4 cm³/mol. The van der Waals surface area contributed by atoms with E-state index >= 15 is 0 Å². The van der Waals surface area contributed by atoms with Crippen molar-refractivity contribution >= 4 is 0 Å². The molecule has 0 saturated carbocycles. The molecule has 1 aromatic rings. The number of hydrogen-bond donors (Lipinski definition) is 0. The number of nitrogens with zero attached hydrogens (tertiary/aromatic N) is 2. The first-order valence-corrected chi connectivity index (χ1v) is 4.84. The van der Waals surface area contributed by atoms with Gasteiger partial charge in [0.25, 0.3) is 0 Å². The summed E-state index contributed by atoms with van der Waals surface area (Å²) < 4.78 is 4.33. The van der Waals surface area contributed by atoms with E-state index in [-0.39, 0.29) is 22.5 Å². The third-order valence-corrected chi connectivity index (χ3v) is 2.09. The number of aromatic nitrogens is 2. The molecule has 1 aromatic heterocycles. The highest BCUT2D eigenvalue weighted by Gasteiger charge is 1.97. The zero-order valence-corrected chi connectivity index (χ0v) is 10.6.